The number of carbonyl (C=O) groups excluding carboxylic acids is 1. The van der Waals surface area contributed by atoms with E-state index in [2.05, 4.69) is 5.10 Å². The number of hydrogen-bond donors (Lipinski definition) is 1. The fourth-order valence-electron chi connectivity index (χ4n) is 1.54. The van der Waals surface area contributed by atoms with Gasteiger partial charge in [-0.3, -0.25) is 0 Å². The fourth-order valence-corrected chi connectivity index (χ4v) is 1.54. The third-order valence-electron chi connectivity index (χ3n) is 2.32. The minimum Gasteiger partial charge on any atom is -0.350 e. The summed E-state index contributed by atoms with van der Waals surface area (Å²) in [5.74, 6) is 0. The van der Waals surface area contributed by atoms with Crippen molar-refractivity contribution in [2.75, 3.05) is 0 Å². The zero-order valence-corrected chi connectivity index (χ0v) is 8.98. The van der Waals surface area contributed by atoms with Gasteiger partial charge in [0.2, 0.25) is 0 Å². The standard InChI is InChI=1S/C11H8F3N3O/c12-11(13,14)8-4-2-1-3-7(8)9-5-6-17(16-9)10(15)18/h1-6H,(H2,15,18). The van der Waals surface area contributed by atoms with Crippen LogP contribution >= 0.6 is 0 Å². The Hall–Kier alpha value is -2.31. The van der Waals surface area contributed by atoms with Gasteiger partial charge in [-0.05, 0) is 12.1 Å². The first-order chi connectivity index (χ1) is 8.39. The molecule has 0 bridgehead atoms. The van der Waals surface area contributed by atoms with Crippen LogP contribution in [0.5, 0.6) is 0 Å². The molecule has 4 nitrogen and oxygen atoms in total. The van der Waals surface area contributed by atoms with Crippen molar-refractivity contribution in [2.24, 2.45) is 5.73 Å². The summed E-state index contributed by atoms with van der Waals surface area (Å²) >= 11 is 0. The molecule has 18 heavy (non-hydrogen) atoms. The molecular formula is C11H8F3N3O. The molecule has 7 heteroatoms. The van der Waals surface area contributed by atoms with Crippen molar-refractivity contribution in [1.82, 2.24) is 9.78 Å². The molecule has 0 aliphatic rings. The van der Waals surface area contributed by atoms with Crippen LogP contribution in [0.3, 0.4) is 0 Å². The van der Waals surface area contributed by atoms with E-state index in [4.69, 9.17) is 5.73 Å². The van der Waals surface area contributed by atoms with Crippen molar-refractivity contribution in [3.05, 3.63) is 42.1 Å². The summed E-state index contributed by atoms with van der Waals surface area (Å²) in [4.78, 5) is 10.8. The minimum atomic E-state index is -4.48. The van der Waals surface area contributed by atoms with Crippen molar-refractivity contribution in [1.29, 1.82) is 0 Å². The van der Waals surface area contributed by atoms with E-state index >= 15 is 0 Å². The molecule has 0 atom stereocenters. The number of rotatable bonds is 1. The third-order valence-corrected chi connectivity index (χ3v) is 2.32. The Balaban J connectivity index is 2.53. The Morgan fingerprint density at radius 2 is 1.89 bits per heavy atom. The summed E-state index contributed by atoms with van der Waals surface area (Å²) in [5, 5.41) is 3.70. The smallest absolute Gasteiger partial charge is 0.350 e. The molecule has 1 aromatic heterocycles. The Morgan fingerprint density at radius 1 is 1.22 bits per heavy atom. The van der Waals surface area contributed by atoms with Crippen molar-refractivity contribution in [3.8, 4) is 11.3 Å². The number of primary amides is 1. The predicted molar refractivity (Wildman–Crippen MR) is 57.6 cm³/mol. The van der Waals surface area contributed by atoms with Gasteiger partial charge in [0.05, 0.1) is 11.3 Å². The van der Waals surface area contributed by atoms with Crippen LogP contribution in [0.15, 0.2) is 36.5 Å². The van der Waals surface area contributed by atoms with Crippen LogP contribution in [-0.2, 0) is 6.18 Å². The lowest BCUT2D eigenvalue weighted by Gasteiger charge is -2.10. The van der Waals surface area contributed by atoms with E-state index < -0.39 is 17.8 Å². The molecule has 94 valence electrons. The molecule has 0 fully saturated rings. The third kappa shape index (κ3) is 2.20. The Kier molecular flexibility index (Phi) is 2.82. The number of benzene rings is 1. The van der Waals surface area contributed by atoms with Gasteiger partial charge in [0, 0.05) is 11.8 Å². The molecule has 0 aliphatic heterocycles. The molecule has 1 heterocycles. The Morgan fingerprint density at radius 3 is 2.44 bits per heavy atom. The van der Waals surface area contributed by atoms with E-state index in [1.165, 1.54) is 30.5 Å². The predicted octanol–water partition coefficient (Wildman–Crippen LogP) is 2.50. The van der Waals surface area contributed by atoms with Crippen molar-refractivity contribution in [3.63, 3.8) is 0 Å². The SMILES string of the molecule is NC(=O)n1ccc(-c2ccccc2C(F)(F)F)n1. The highest BCUT2D eigenvalue weighted by molar-refractivity contribution is 5.75. The average Bonchev–Trinajstić information content (AvgIpc) is 2.77. The number of nitrogens with two attached hydrogens (primary N) is 1. The molecular weight excluding hydrogens is 247 g/mol. The molecule has 2 N–H and O–H groups in total. The van der Waals surface area contributed by atoms with E-state index in [0.717, 1.165) is 10.7 Å². The maximum Gasteiger partial charge on any atom is 0.417 e. The summed E-state index contributed by atoms with van der Waals surface area (Å²) in [7, 11) is 0. The molecule has 0 radical (unpaired) electrons. The van der Waals surface area contributed by atoms with Crippen LogP contribution in [0.1, 0.15) is 5.56 Å². The second-order valence-electron chi connectivity index (χ2n) is 3.53. The van der Waals surface area contributed by atoms with Gasteiger partial charge in [-0.15, -0.1) is 0 Å². The van der Waals surface area contributed by atoms with Crippen molar-refractivity contribution in [2.45, 2.75) is 6.18 Å². The van der Waals surface area contributed by atoms with Gasteiger partial charge in [-0.1, -0.05) is 18.2 Å². The van der Waals surface area contributed by atoms with Gasteiger partial charge in [-0.25, -0.2) is 4.79 Å². The van der Waals surface area contributed by atoms with Gasteiger partial charge in [-0.2, -0.15) is 23.0 Å². The van der Waals surface area contributed by atoms with Gasteiger partial charge < -0.3 is 5.73 Å². The molecule has 2 rings (SSSR count). The lowest BCUT2D eigenvalue weighted by molar-refractivity contribution is -0.137. The number of alkyl halides is 3. The van der Waals surface area contributed by atoms with Gasteiger partial charge in [0.1, 0.15) is 0 Å². The lowest BCUT2D eigenvalue weighted by atomic mass is 10.0. The average molecular weight is 255 g/mol. The quantitative estimate of drug-likeness (QED) is 0.850. The van der Waals surface area contributed by atoms with Crippen LogP contribution < -0.4 is 5.73 Å². The van der Waals surface area contributed by atoms with Crippen LogP contribution in [0.4, 0.5) is 18.0 Å². The number of aromatic nitrogens is 2. The fraction of sp³-hybridized carbons (Fsp3) is 0.0909. The maximum atomic E-state index is 12.8. The highest BCUT2D eigenvalue weighted by Crippen LogP contribution is 2.36. The molecule has 0 unspecified atom stereocenters. The normalized spacial score (nSPS) is 11.5. The first kappa shape index (κ1) is 12.2. The molecule has 2 aromatic rings. The number of amides is 1. The molecule has 0 saturated carbocycles. The molecule has 0 saturated heterocycles. The zero-order chi connectivity index (χ0) is 13.3. The van der Waals surface area contributed by atoms with E-state index in [1.54, 1.807) is 0 Å². The lowest BCUT2D eigenvalue weighted by Crippen LogP contribution is -2.19. The van der Waals surface area contributed by atoms with Crippen molar-refractivity contribution < 1.29 is 18.0 Å². The maximum absolute atomic E-state index is 12.8. The van der Waals surface area contributed by atoms with E-state index in [-0.39, 0.29) is 11.3 Å². The number of halogens is 3. The van der Waals surface area contributed by atoms with Crippen LogP contribution in [0, 0.1) is 0 Å². The zero-order valence-electron chi connectivity index (χ0n) is 8.98. The summed E-state index contributed by atoms with van der Waals surface area (Å²) in [6.07, 6.45) is -3.27. The molecule has 1 aromatic carbocycles. The molecule has 1 amide bonds. The Bertz CT molecular complexity index is 589. The highest BCUT2D eigenvalue weighted by atomic mass is 19.4. The summed E-state index contributed by atoms with van der Waals surface area (Å²) in [6.45, 7) is 0. The second kappa shape index (κ2) is 4.17. The minimum absolute atomic E-state index is 0.0433. The van der Waals surface area contributed by atoms with Crippen LogP contribution in [0.2, 0.25) is 0 Å². The molecule has 0 spiro atoms. The monoisotopic (exact) mass is 255 g/mol. The Labute approximate surface area is 99.8 Å². The number of carbonyl (C=O) groups is 1. The summed E-state index contributed by atoms with van der Waals surface area (Å²) in [6, 6.07) is 5.45. The van der Waals surface area contributed by atoms with Gasteiger partial charge >= 0.3 is 12.2 Å². The first-order valence-electron chi connectivity index (χ1n) is 4.91. The summed E-state index contributed by atoms with van der Waals surface area (Å²) in [5.41, 5.74) is 4.11. The van der Waals surface area contributed by atoms with Crippen LogP contribution in [0.25, 0.3) is 11.3 Å². The van der Waals surface area contributed by atoms with E-state index in [0.29, 0.717) is 0 Å². The molecule has 0 aliphatic carbocycles. The number of nitrogens with zero attached hydrogens (tertiary/aromatic N) is 2. The summed E-state index contributed by atoms with van der Waals surface area (Å²) < 4.78 is 39.1. The highest BCUT2D eigenvalue weighted by Gasteiger charge is 2.33. The van der Waals surface area contributed by atoms with Crippen molar-refractivity contribution >= 4 is 6.03 Å². The largest absolute Gasteiger partial charge is 0.417 e. The van der Waals surface area contributed by atoms with E-state index in [1.807, 2.05) is 0 Å². The second-order valence-corrected chi connectivity index (χ2v) is 3.53. The topological polar surface area (TPSA) is 60.9 Å². The van der Waals surface area contributed by atoms with Crippen LogP contribution in [-0.4, -0.2) is 15.8 Å². The van der Waals surface area contributed by atoms with E-state index in [9.17, 15) is 18.0 Å². The number of hydrogen-bond acceptors (Lipinski definition) is 2. The first-order valence-corrected chi connectivity index (χ1v) is 4.91. The van der Waals surface area contributed by atoms with Gasteiger partial charge in [0.15, 0.2) is 0 Å². The van der Waals surface area contributed by atoms with Gasteiger partial charge in [0.25, 0.3) is 0 Å².